The van der Waals surface area contributed by atoms with Gasteiger partial charge in [-0.2, -0.15) is 0 Å². The Morgan fingerprint density at radius 2 is 2.20 bits per heavy atom. The van der Waals surface area contributed by atoms with E-state index in [0.29, 0.717) is 12.4 Å². The van der Waals surface area contributed by atoms with Crippen molar-refractivity contribution in [1.29, 1.82) is 0 Å². The zero-order valence-electron chi connectivity index (χ0n) is 12.6. The van der Waals surface area contributed by atoms with Crippen LogP contribution < -0.4 is 5.32 Å². The van der Waals surface area contributed by atoms with Crippen LogP contribution in [0.3, 0.4) is 0 Å². The van der Waals surface area contributed by atoms with Crippen LogP contribution >= 0.6 is 0 Å². The molecule has 0 aromatic carbocycles. The summed E-state index contributed by atoms with van der Waals surface area (Å²) in [6.07, 6.45) is 0.758. The van der Waals surface area contributed by atoms with Gasteiger partial charge < -0.3 is 19.3 Å². The van der Waals surface area contributed by atoms with E-state index in [1.165, 1.54) is 0 Å². The van der Waals surface area contributed by atoms with Gasteiger partial charge in [0, 0.05) is 13.2 Å². The quantitative estimate of drug-likeness (QED) is 0.913. The van der Waals surface area contributed by atoms with Crippen LogP contribution in [0.15, 0.2) is 10.6 Å². The molecule has 1 fully saturated rings. The van der Waals surface area contributed by atoms with Gasteiger partial charge in [0.15, 0.2) is 11.5 Å². The first-order valence-electron chi connectivity index (χ1n) is 6.69. The fourth-order valence-corrected chi connectivity index (χ4v) is 2.65. The van der Waals surface area contributed by atoms with Gasteiger partial charge in [-0.15, -0.1) is 0 Å². The number of hydrogen-bond donors (Lipinski definition) is 1. The van der Waals surface area contributed by atoms with Crippen LogP contribution in [0.4, 0.5) is 0 Å². The molecule has 1 aliphatic rings. The Kier molecular flexibility index (Phi) is 3.88. The van der Waals surface area contributed by atoms with Crippen molar-refractivity contribution in [2.24, 2.45) is 0 Å². The van der Waals surface area contributed by atoms with Gasteiger partial charge in [0.05, 0.1) is 17.2 Å². The van der Waals surface area contributed by atoms with Crippen molar-refractivity contribution < 1.29 is 18.8 Å². The highest BCUT2D eigenvalue weighted by Gasteiger charge is 2.46. The summed E-state index contributed by atoms with van der Waals surface area (Å²) in [4.78, 5) is 12.2. The molecule has 1 unspecified atom stereocenters. The Balaban J connectivity index is 2.04. The number of methoxy groups -OCH3 is 1. The van der Waals surface area contributed by atoms with Crippen molar-refractivity contribution in [3.63, 3.8) is 0 Å². The van der Waals surface area contributed by atoms with Crippen molar-refractivity contribution in [3.05, 3.63) is 17.5 Å². The molecule has 0 spiro atoms. The molecule has 20 heavy (non-hydrogen) atoms. The molecular formula is C14H22N2O4. The van der Waals surface area contributed by atoms with E-state index in [-0.39, 0.29) is 23.2 Å². The third kappa shape index (κ3) is 3.19. The molecule has 1 aliphatic heterocycles. The van der Waals surface area contributed by atoms with Gasteiger partial charge in [-0.25, -0.2) is 0 Å². The molecule has 0 saturated carbocycles. The minimum Gasteiger partial charge on any atom is -0.377 e. The van der Waals surface area contributed by atoms with E-state index in [1.54, 1.807) is 13.2 Å². The SMILES string of the molecule is COCc1cc(C(=O)NC2CC(C)(C)OC2(C)C)no1. The first-order chi connectivity index (χ1) is 9.23. The average molecular weight is 282 g/mol. The monoisotopic (exact) mass is 282 g/mol. The van der Waals surface area contributed by atoms with E-state index in [4.69, 9.17) is 14.0 Å². The number of amides is 1. The fourth-order valence-electron chi connectivity index (χ4n) is 2.65. The van der Waals surface area contributed by atoms with E-state index in [1.807, 2.05) is 27.7 Å². The normalized spacial score (nSPS) is 23.8. The molecule has 1 N–H and O–H groups in total. The lowest BCUT2D eigenvalue weighted by Crippen LogP contribution is -2.46. The predicted molar refractivity (Wildman–Crippen MR) is 72.3 cm³/mol. The lowest BCUT2D eigenvalue weighted by Gasteiger charge is -2.27. The van der Waals surface area contributed by atoms with E-state index in [9.17, 15) is 4.79 Å². The number of ether oxygens (including phenoxy) is 2. The van der Waals surface area contributed by atoms with Gasteiger partial charge >= 0.3 is 0 Å². The van der Waals surface area contributed by atoms with E-state index in [2.05, 4.69) is 10.5 Å². The number of hydrogen-bond acceptors (Lipinski definition) is 5. The molecule has 0 radical (unpaired) electrons. The van der Waals surface area contributed by atoms with Crippen molar-refractivity contribution in [1.82, 2.24) is 10.5 Å². The smallest absolute Gasteiger partial charge is 0.273 e. The second-order valence-corrected chi connectivity index (χ2v) is 6.31. The zero-order chi connectivity index (χ0) is 15.0. The highest BCUT2D eigenvalue weighted by Crippen LogP contribution is 2.37. The van der Waals surface area contributed by atoms with Gasteiger partial charge in [-0.05, 0) is 34.1 Å². The zero-order valence-corrected chi connectivity index (χ0v) is 12.6. The molecule has 2 heterocycles. The summed E-state index contributed by atoms with van der Waals surface area (Å²) >= 11 is 0. The fraction of sp³-hybridized carbons (Fsp3) is 0.714. The summed E-state index contributed by atoms with van der Waals surface area (Å²) in [6, 6.07) is 1.53. The largest absolute Gasteiger partial charge is 0.377 e. The van der Waals surface area contributed by atoms with Crippen molar-refractivity contribution >= 4 is 5.91 Å². The molecule has 1 amide bonds. The van der Waals surface area contributed by atoms with Crippen LogP contribution in [0.2, 0.25) is 0 Å². The molecule has 1 atom stereocenters. The Morgan fingerprint density at radius 1 is 1.50 bits per heavy atom. The molecule has 112 valence electrons. The molecule has 0 bridgehead atoms. The molecule has 0 aliphatic carbocycles. The second kappa shape index (κ2) is 5.18. The van der Waals surface area contributed by atoms with E-state index >= 15 is 0 Å². The van der Waals surface area contributed by atoms with Crippen LogP contribution in [-0.4, -0.2) is 35.4 Å². The number of nitrogens with zero attached hydrogens (tertiary/aromatic N) is 1. The van der Waals surface area contributed by atoms with E-state index < -0.39 is 5.60 Å². The standard InChI is InChI=1S/C14H22N2O4/c1-13(2)7-11(14(3,4)20-13)15-12(17)10-6-9(8-18-5)19-16-10/h6,11H,7-8H2,1-5H3,(H,15,17). The number of nitrogens with one attached hydrogen (secondary N) is 1. The lowest BCUT2D eigenvalue weighted by atomic mass is 9.94. The Morgan fingerprint density at radius 3 is 2.75 bits per heavy atom. The molecule has 1 saturated heterocycles. The number of aromatic nitrogens is 1. The molecule has 6 nitrogen and oxygen atoms in total. The van der Waals surface area contributed by atoms with Crippen LogP contribution in [0, 0.1) is 0 Å². The third-order valence-electron chi connectivity index (χ3n) is 3.46. The number of carbonyl (C=O) groups excluding carboxylic acids is 1. The Hall–Kier alpha value is -1.40. The molecule has 6 heteroatoms. The number of rotatable bonds is 4. The van der Waals surface area contributed by atoms with Crippen LogP contribution in [-0.2, 0) is 16.1 Å². The van der Waals surface area contributed by atoms with Gasteiger partial charge in [0.2, 0.25) is 0 Å². The summed E-state index contributed by atoms with van der Waals surface area (Å²) in [7, 11) is 1.56. The maximum Gasteiger partial charge on any atom is 0.273 e. The summed E-state index contributed by atoms with van der Waals surface area (Å²) in [5, 5.41) is 6.72. The maximum absolute atomic E-state index is 12.2. The average Bonchev–Trinajstić information content (AvgIpc) is 2.82. The first kappa shape index (κ1) is 15.0. The van der Waals surface area contributed by atoms with Crippen molar-refractivity contribution in [3.8, 4) is 0 Å². The van der Waals surface area contributed by atoms with Crippen LogP contribution in [0.25, 0.3) is 0 Å². The highest BCUT2D eigenvalue weighted by molar-refractivity contribution is 5.92. The molecule has 1 aromatic heterocycles. The van der Waals surface area contributed by atoms with E-state index in [0.717, 1.165) is 6.42 Å². The molecule has 2 rings (SSSR count). The summed E-state index contributed by atoms with van der Waals surface area (Å²) in [6.45, 7) is 8.30. The topological polar surface area (TPSA) is 73.6 Å². The van der Waals surface area contributed by atoms with Crippen LogP contribution in [0.5, 0.6) is 0 Å². The highest BCUT2D eigenvalue weighted by atomic mass is 16.5. The van der Waals surface area contributed by atoms with Gasteiger partial charge in [-0.3, -0.25) is 4.79 Å². The minimum atomic E-state index is -0.405. The first-order valence-corrected chi connectivity index (χ1v) is 6.69. The maximum atomic E-state index is 12.2. The summed E-state index contributed by atoms with van der Waals surface area (Å²) in [5.74, 6) is 0.274. The van der Waals surface area contributed by atoms with Gasteiger partial charge in [-0.1, -0.05) is 5.16 Å². The number of carbonyl (C=O) groups is 1. The Labute approximate surface area is 118 Å². The third-order valence-corrected chi connectivity index (χ3v) is 3.46. The van der Waals surface area contributed by atoms with Gasteiger partial charge in [0.25, 0.3) is 5.91 Å². The molecule has 1 aromatic rings. The Bertz CT molecular complexity index is 493. The molecular weight excluding hydrogens is 260 g/mol. The predicted octanol–water partition coefficient (Wildman–Crippen LogP) is 1.90. The van der Waals surface area contributed by atoms with Crippen molar-refractivity contribution in [2.45, 2.75) is 58.0 Å². The van der Waals surface area contributed by atoms with Gasteiger partial charge in [0.1, 0.15) is 6.61 Å². The lowest BCUT2D eigenvalue weighted by molar-refractivity contribution is -0.0693. The summed E-state index contributed by atoms with van der Waals surface area (Å²) < 4.78 is 15.9. The summed E-state index contributed by atoms with van der Waals surface area (Å²) in [5.41, 5.74) is -0.386. The minimum absolute atomic E-state index is 0.0624. The second-order valence-electron chi connectivity index (χ2n) is 6.31. The van der Waals surface area contributed by atoms with Crippen molar-refractivity contribution in [2.75, 3.05) is 7.11 Å². The van der Waals surface area contributed by atoms with Crippen LogP contribution in [0.1, 0.15) is 50.4 Å².